The molecule has 2 nitrogen and oxygen atoms in total. The molecule has 2 aromatic carbocycles. The number of carbonyl (C=O) groups excluding carboxylic acids is 1. The zero-order valence-electron chi connectivity index (χ0n) is 13.4. The minimum Gasteiger partial charge on any atom is -0.330 e. The quantitative estimate of drug-likeness (QED) is 0.751. The number of carbonyl (C=O) groups is 1. The van der Waals surface area contributed by atoms with Crippen LogP contribution in [0.25, 0.3) is 0 Å². The lowest BCUT2D eigenvalue weighted by Gasteiger charge is -2.58. The van der Waals surface area contributed by atoms with Crippen LogP contribution in [0, 0.1) is 5.41 Å². The average Bonchev–Trinajstić information content (AvgIpc) is 2.63. The Morgan fingerprint density at radius 3 is 2.13 bits per heavy atom. The van der Waals surface area contributed by atoms with Crippen molar-refractivity contribution >= 4 is 5.91 Å². The minimum atomic E-state index is -0.131. The topological polar surface area (TPSA) is 20.3 Å². The Hall–Kier alpha value is -2.09. The molecule has 0 N–H and O–H groups in total. The molecule has 0 unspecified atom stereocenters. The van der Waals surface area contributed by atoms with Crippen LogP contribution in [0.4, 0.5) is 0 Å². The summed E-state index contributed by atoms with van der Waals surface area (Å²) in [4.78, 5) is 15.1. The highest BCUT2D eigenvalue weighted by Crippen LogP contribution is 2.58. The first-order chi connectivity index (χ1) is 11.3. The smallest absolute Gasteiger partial charge is 0.232 e. The molecule has 2 heteroatoms. The molecule has 1 saturated carbocycles. The van der Waals surface area contributed by atoms with Crippen molar-refractivity contribution in [2.24, 2.45) is 5.41 Å². The van der Waals surface area contributed by atoms with Crippen molar-refractivity contribution in [2.75, 3.05) is 0 Å². The molecule has 1 heterocycles. The van der Waals surface area contributed by atoms with Gasteiger partial charge in [-0.2, -0.15) is 0 Å². The highest BCUT2D eigenvalue weighted by molar-refractivity contribution is 5.90. The first kappa shape index (κ1) is 14.5. The molecule has 4 rings (SSSR count). The number of β-lactam (4-membered cyclic amide) rings is 1. The molecule has 1 saturated heterocycles. The third-order valence-electron chi connectivity index (χ3n) is 5.58. The van der Waals surface area contributed by atoms with E-state index in [9.17, 15) is 4.79 Å². The number of hydrogen-bond donors (Lipinski definition) is 0. The Labute approximate surface area is 138 Å². The van der Waals surface area contributed by atoms with Crippen LogP contribution in [0.2, 0.25) is 0 Å². The van der Waals surface area contributed by atoms with Crippen molar-refractivity contribution in [1.29, 1.82) is 0 Å². The number of benzene rings is 2. The van der Waals surface area contributed by atoms with Crippen LogP contribution >= 0.6 is 0 Å². The Morgan fingerprint density at radius 1 is 0.870 bits per heavy atom. The molecular weight excluding hydrogens is 282 g/mol. The zero-order valence-corrected chi connectivity index (χ0v) is 13.4. The molecular formula is C21H23NO. The summed E-state index contributed by atoms with van der Waals surface area (Å²) in [6.45, 7) is 0.723. The van der Waals surface area contributed by atoms with Crippen LogP contribution in [0.3, 0.4) is 0 Å². The normalized spacial score (nSPS) is 22.9. The van der Waals surface area contributed by atoms with Gasteiger partial charge in [-0.25, -0.2) is 0 Å². The molecule has 0 bridgehead atoms. The first-order valence-corrected chi connectivity index (χ1v) is 8.71. The van der Waals surface area contributed by atoms with E-state index < -0.39 is 0 Å². The van der Waals surface area contributed by atoms with Crippen molar-refractivity contribution in [1.82, 2.24) is 4.90 Å². The Kier molecular flexibility index (Phi) is 3.68. The fraction of sp³-hybridized carbons (Fsp3) is 0.381. The Balaban J connectivity index is 1.67. The molecule has 1 atom stereocenters. The SMILES string of the molecule is O=C1N(Cc2ccccc2)[C@@H](c2ccccc2)C12CCCCC2. The van der Waals surface area contributed by atoms with E-state index in [-0.39, 0.29) is 11.5 Å². The molecule has 118 valence electrons. The second-order valence-electron chi connectivity index (χ2n) is 6.95. The van der Waals surface area contributed by atoms with Gasteiger partial charge in [0.1, 0.15) is 0 Å². The van der Waals surface area contributed by atoms with Crippen LogP contribution in [0.1, 0.15) is 49.3 Å². The molecule has 0 radical (unpaired) electrons. The summed E-state index contributed by atoms with van der Waals surface area (Å²) in [6, 6.07) is 21.2. The Bertz CT molecular complexity index is 674. The maximum atomic E-state index is 13.1. The van der Waals surface area contributed by atoms with Gasteiger partial charge in [-0.3, -0.25) is 4.79 Å². The standard InChI is InChI=1S/C21H23NO/c23-20-21(14-8-3-9-15-21)19(18-12-6-2-7-13-18)22(20)16-17-10-4-1-5-11-17/h1-2,4-7,10-13,19H,3,8-9,14-16H2/t19-/m0/s1. The fourth-order valence-corrected chi connectivity index (χ4v) is 4.50. The molecule has 2 aromatic rings. The van der Waals surface area contributed by atoms with Crippen molar-refractivity contribution in [3.8, 4) is 0 Å². The van der Waals surface area contributed by atoms with E-state index in [0.717, 1.165) is 19.4 Å². The van der Waals surface area contributed by atoms with E-state index in [2.05, 4.69) is 47.4 Å². The summed E-state index contributed by atoms with van der Waals surface area (Å²) in [5.74, 6) is 0.370. The Morgan fingerprint density at radius 2 is 1.48 bits per heavy atom. The van der Waals surface area contributed by atoms with E-state index >= 15 is 0 Å². The number of amides is 1. The molecule has 1 spiro atoms. The van der Waals surface area contributed by atoms with E-state index in [4.69, 9.17) is 0 Å². The summed E-state index contributed by atoms with van der Waals surface area (Å²) < 4.78 is 0. The van der Waals surface area contributed by atoms with Crippen molar-refractivity contribution in [3.05, 3.63) is 71.8 Å². The lowest BCUT2D eigenvalue weighted by Crippen LogP contribution is -2.63. The van der Waals surface area contributed by atoms with Crippen molar-refractivity contribution in [2.45, 2.75) is 44.7 Å². The van der Waals surface area contributed by atoms with Gasteiger partial charge in [-0.1, -0.05) is 79.9 Å². The van der Waals surface area contributed by atoms with E-state index in [1.165, 1.54) is 30.4 Å². The summed E-state index contributed by atoms with van der Waals surface area (Å²) in [7, 11) is 0. The van der Waals surface area contributed by atoms with Gasteiger partial charge in [0.05, 0.1) is 11.5 Å². The van der Waals surface area contributed by atoms with E-state index in [1.54, 1.807) is 0 Å². The van der Waals surface area contributed by atoms with Gasteiger partial charge >= 0.3 is 0 Å². The summed E-state index contributed by atoms with van der Waals surface area (Å²) in [5, 5.41) is 0. The molecule has 0 aromatic heterocycles. The molecule has 1 aliphatic carbocycles. The number of rotatable bonds is 3. The second kappa shape index (κ2) is 5.84. The number of likely N-dealkylation sites (tertiary alicyclic amines) is 1. The van der Waals surface area contributed by atoms with Gasteiger partial charge in [0.2, 0.25) is 5.91 Å². The van der Waals surface area contributed by atoms with Gasteiger partial charge in [-0.05, 0) is 24.0 Å². The number of nitrogens with zero attached hydrogens (tertiary/aromatic N) is 1. The molecule has 1 amide bonds. The number of hydrogen-bond acceptors (Lipinski definition) is 1. The van der Waals surface area contributed by atoms with Crippen molar-refractivity contribution < 1.29 is 4.79 Å². The monoisotopic (exact) mass is 305 g/mol. The van der Waals surface area contributed by atoms with Crippen LogP contribution < -0.4 is 0 Å². The van der Waals surface area contributed by atoms with Crippen LogP contribution in [-0.2, 0) is 11.3 Å². The molecule has 23 heavy (non-hydrogen) atoms. The van der Waals surface area contributed by atoms with Gasteiger partial charge in [0, 0.05) is 6.54 Å². The van der Waals surface area contributed by atoms with Crippen LogP contribution in [0.15, 0.2) is 60.7 Å². The lowest BCUT2D eigenvalue weighted by molar-refractivity contribution is -0.180. The maximum Gasteiger partial charge on any atom is 0.232 e. The highest BCUT2D eigenvalue weighted by Gasteiger charge is 2.60. The minimum absolute atomic E-state index is 0.131. The highest BCUT2D eigenvalue weighted by atomic mass is 16.2. The fourth-order valence-electron chi connectivity index (χ4n) is 4.50. The van der Waals surface area contributed by atoms with E-state index in [1.807, 2.05) is 18.2 Å². The summed E-state index contributed by atoms with van der Waals surface area (Å²) >= 11 is 0. The first-order valence-electron chi connectivity index (χ1n) is 8.71. The van der Waals surface area contributed by atoms with Gasteiger partial charge in [0.15, 0.2) is 0 Å². The van der Waals surface area contributed by atoms with Gasteiger partial charge < -0.3 is 4.90 Å². The van der Waals surface area contributed by atoms with E-state index in [0.29, 0.717) is 5.91 Å². The second-order valence-corrected chi connectivity index (χ2v) is 6.95. The van der Waals surface area contributed by atoms with Gasteiger partial charge in [-0.15, -0.1) is 0 Å². The molecule has 2 fully saturated rings. The largest absolute Gasteiger partial charge is 0.330 e. The van der Waals surface area contributed by atoms with Gasteiger partial charge in [0.25, 0.3) is 0 Å². The van der Waals surface area contributed by atoms with Crippen LogP contribution in [0.5, 0.6) is 0 Å². The summed E-state index contributed by atoms with van der Waals surface area (Å²) in [5.41, 5.74) is 2.38. The zero-order chi connectivity index (χ0) is 15.7. The summed E-state index contributed by atoms with van der Waals surface area (Å²) in [6.07, 6.45) is 5.76. The predicted molar refractivity (Wildman–Crippen MR) is 91.7 cm³/mol. The lowest BCUT2D eigenvalue weighted by atomic mass is 9.60. The van der Waals surface area contributed by atoms with Crippen LogP contribution in [-0.4, -0.2) is 10.8 Å². The predicted octanol–water partition coefficient (Wildman–Crippen LogP) is 4.72. The maximum absolute atomic E-state index is 13.1. The third-order valence-corrected chi connectivity index (χ3v) is 5.58. The molecule has 1 aliphatic heterocycles. The third kappa shape index (κ3) is 2.37. The van der Waals surface area contributed by atoms with Crippen molar-refractivity contribution in [3.63, 3.8) is 0 Å². The molecule has 2 aliphatic rings. The average molecular weight is 305 g/mol.